The number of amides is 1. The molecule has 0 radical (unpaired) electrons. The Balaban J connectivity index is 1.44. The molecule has 4 nitrogen and oxygen atoms in total. The number of nitrogens with one attached hydrogen (secondary N) is 1. The largest absolute Gasteiger partial charge is 0.339 e. The summed E-state index contributed by atoms with van der Waals surface area (Å²) < 4.78 is 13.5. The number of aromatic nitrogens is 1. The van der Waals surface area contributed by atoms with Gasteiger partial charge in [0.1, 0.15) is 11.6 Å². The number of anilines is 2. The minimum Gasteiger partial charge on any atom is -0.339 e. The monoisotopic (exact) mass is 365 g/mol. The fourth-order valence-corrected chi connectivity index (χ4v) is 5.57. The van der Waals surface area contributed by atoms with Crippen molar-refractivity contribution >= 4 is 17.4 Å². The molecule has 2 aliphatic heterocycles. The summed E-state index contributed by atoms with van der Waals surface area (Å²) in [5.74, 6) is 2.47. The second-order valence-corrected chi connectivity index (χ2v) is 8.42. The van der Waals surface area contributed by atoms with E-state index in [0.29, 0.717) is 29.0 Å². The van der Waals surface area contributed by atoms with E-state index in [1.54, 1.807) is 24.4 Å². The summed E-state index contributed by atoms with van der Waals surface area (Å²) in [6.45, 7) is 0.866. The first-order valence-corrected chi connectivity index (χ1v) is 9.94. The smallest absolute Gasteiger partial charge is 0.257 e. The van der Waals surface area contributed by atoms with Crippen LogP contribution >= 0.6 is 0 Å². The number of carbonyl (C=O) groups excluding carboxylic acids is 1. The zero-order valence-corrected chi connectivity index (χ0v) is 15.3. The molecule has 1 N–H and O–H groups in total. The fraction of sp³-hybridized carbons (Fsp3) is 0.455. The molecule has 4 aliphatic rings. The molecular formula is C22H24FN3O. The lowest BCUT2D eigenvalue weighted by molar-refractivity contribution is 0.0633. The minimum absolute atomic E-state index is 0.0557. The number of benzene rings is 1. The maximum Gasteiger partial charge on any atom is 0.257 e. The molecule has 1 amide bonds. The van der Waals surface area contributed by atoms with E-state index in [-0.39, 0.29) is 11.7 Å². The summed E-state index contributed by atoms with van der Waals surface area (Å²) in [5, 5.41) is 3.13. The highest BCUT2D eigenvalue weighted by atomic mass is 19.1. The normalized spacial score (nSPS) is 28.9. The van der Waals surface area contributed by atoms with Crippen LogP contribution in [0.3, 0.4) is 0 Å². The van der Waals surface area contributed by atoms with Crippen LogP contribution in [-0.2, 0) is 0 Å². The molecular weight excluding hydrogens is 341 g/mol. The summed E-state index contributed by atoms with van der Waals surface area (Å²) in [7, 11) is 0. The summed E-state index contributed by atoms with van der Waals surface area (Å²) >= 11 is 0. The van der Waals surface area contributed by atoms with Gasteiger partial charge in [-0.3, -0.25) is 4.79 Å². The van der Waals surface area contributed by atoms with Crippen molar-refractivity contribution in [2.45, 2.75) is 38.1 Å². The van der Waals surface area contributed by atoms with E-state index < -0.39 is 0 Å². The van der Waals surface area contributed by atoms with Gasteiger partial charge in [0.15, 0.2) is 0 Å². The third kappa shape index (κ3) is 3.20. The first-order valence-electron chi connectivity index (χ1n) is 9.94. The molecule has 2 unspecified atom stereocenters. The highest BCUT2D eigenvalue weighted by Gasteiger charge is 2.44. The number of nitrogens with zero attached hydrogens (tertiary/aromatic N) is 2. The van der Waals surface area contributed by atoms with Crippen molar-refractivity contribution in [3.05, 3.63) is 54.0 Å². The molecule has 4 bridgehead atoms. The molecule has 6 rings (SSSR count). The summed E-state index contributed by atoms with van der Waals surface area (Å²) in [6.07, 6.45) is 7.86. The van der Waals surface area contributed by atoms with Gasteiger partial charge in [0, 0.05) is 24.5 Å². The van der Waals surface area contributed by atoms with Gasteiger partial charge in [-0.2, -0.15) is 0 Å². The Kier molecular flexibility index (Phi) is 4.10. The van der Waals surface area contributed by atoms with Gasteiger partial charge in [0.2, 0.25) is 0 Å². The van der Waals surface area contributed by atoms with Crippen LogP contribution in [0, 0.1) is 23.6 Å². The van der Waals surface area contributed by atoms with Crippen molar-refractivity contribution < 1.29 is 9.18 Å². The molecule has 1 aromatic carbocycles. The lowest BCUT2D eigenvalue weighted by atomic mass is 9.68. The topological polar surface area (TPSA) is 45.2 Å². The summed E-state index contributed by atoms with van der Waals surface area (Å²) in [6, 6.07) is 10.2. The van der Waals surface area contributed by atoms with E-state index in [2.05, 4.69) is 15.2 Å². The van der Waals surface area contributed by atoms with Gasteiger partial charge in [-0.05, 0) is 80.2 Å². The Morgan fingerprint density at radius 1 is 1.04 bits per heavy atom. The van der Waals surface area contributed by atoms with E-state index in [4.69, 9.17) is 0 Å². The Morgan fingerprint density at radius 3 is 2.59 bits per heavy atom. The Bertz CT molecular complexity index is 856. The summed E-state index contributed by atoms with van der Waals surface area (Å²) in [4.78, 5) is 19.9. The number of fused-ring (bicyclic) bond motifs is 1. The molecule has 2 aromatic rings. The Labute approximate surface area is 158 Å². The molecule has 4 fully saturated rings. The molecule has 5 heteroatoms. The van der Waals surface area contributed by atoms with E-state index in [1.807, 2.05) is 6.07 Å². The van der Waals surface area contributed by atoms with Gasteiger partial charge in [-0.15, -0.1) is 0 Å². The SMILES string of the molecule is O=C(c1cccnc1Nc1cccc(F)c1)N1CC2C[C@@H]3CC1C[C@H](C2)C3. The highest BCUT2D eigenvalue weighted by molar-refractivity contribution is 5.99. The molecule has 2 aliphatic carbocycles. The lowest BCUT2D eigenvalue weighted by Gasteiger charge is -2.39. The Hall–Kier alpha value is -2.43. The Morgan fingerprint density at radius 2 is 1.81 bits per heavy atom. The predicted octanol–water partition coefficient (Wildman–Crippen LogP) is 4.62. The van der Waals surface area contributed by atoms with Crippen molar-refractivity contribution in [3.8, 4) is 0 Å². The van der Waals surface area contributed by atoms with Crippen molar-refractivity contribution in [3.63, 3.8) is 0 Å². The van der Waals surface area contributed by atoms with Crippen molar-refractivity contribution in [1.82, 2.24) is 9.88 Å². The molecule has 0 spiro atoms. The van der Waals surface area contributed by atoms with Crippen LogP contribution in [0.5, 0.6) is 0 Å². The van der Waals surface area contributed by atoms with Crippen molar-refractivity contribution in [2.24, 2.45) is 17.8 Å². The number of rotatable bonds is 3. The van der Waals surface area contributed by atoms with Gasteiger partial charge in [-0.1, -0.05) is 6.07 Å². The number of pyridine rings is 1. The number of hydrogen-bond donors (Lipinski definition) is 1. The highest BCUT2D eigenvalue weighted by Crippen LogP contribution is 2.47. The van der Waals surface area contributed by atoms with Gasteiger partial charge < -0.3 is 10.2 Å². The van der Waals surface area contributed by atoms with E-state index >= 15 is 0 Å². The van der Waals surface area contributed by atoms with Crippen molar-refractivity contribution in [2.75, 3.05) is 11.9 Å². The second-order valence-electron chi connectivity index (χ2n) is 8.42. The van der Waals surface area contributed by atoms with Crippen LogP contribution in [-0.4, -0.2) is 28.4 Å². The molecule has 4 atom stereocenters. The summed E-state index contributed by atoms with van der Waals surface area (Å²) in [5.41, 5.74) is 1.17. The van der Waals surface area contributed by atoms with Crippen molar-refractivity contribution in [1.29, 1.82) is 0 Å². The van der Waals surface area contributed by atoms with Gasteiger partial charge in [0.25, 0.3) is 5.91 Å². The molecule has 2 saturated carbocycles. The van der Waals surface area contributed by atoms with Gasteiger partial charge in [-0.25, -0.2) is 9.37 Å². The molecule has 2 saturated heterocycles. The molecule has 27 heavy (non-hydrogen) atoms. The van der Waals surface area contributed by atoms with Crippen LogP contribution in [0.1, 0.15) is 42.5 Å². The number of carbonyl (C=O) groups is 1. The number of hydrogen-bond acceptors (Lipinski definition) is 3. The molecule has 1 aromatic heterocycles. The maximum absolute atomic E-state index is 13.5. The van der Waals surface area contributed by atoms with Crippen LogP contribution in [0.2, 0.25) is 0 Å². The van der Waals surface area contributed by atoms with Gasteiger partial charge >= 0.3 is 0 Å². The molecule has 140 valence electrons. The lowest BCUT2D eigenvalue weighted by Crippen LogP contribution is -2.42. The first kappa shape index (κ1) is 16.7. The minimum atomic E-state index is -0.315. The predicted molar refractivity (Wildman–Crippen MR) is 102 cm³/mol. The van der Waals surface area contributed by atoms with Crippen LogP contribution in [0.15, 0.2) is 42.6 Å². The third-order valence-corrected chi connectivity index (χ3v) is 6.49. The zero-order valence-electron chi connectivity index (χ0n) is 15.3. The van der Waals surface area contributed by atoms with Crippen LogP contribution in [0.25, 0.3) is 0 Å². The quantitative estimate of drug-likeness (QED) is 0.864. The number of halogens is 1. The average molecular weight is 365 g/mol. The zero-order chi connectivity index (χ0) is 18.4. The second kappa shape index (κ2) is 6.63. The third-order valence-electron chi connectivity index (χ3n) is 6.49. The molecule has 3 heterocycles. The fourth-order valence-electron chi connectivity index (χ4n) is 5.57. The van der Waals surface area contributed by atoms with E-state index in [1.165, 1.54) is 31.4 Å². The van der Waals surface area contributed by atoms with E-state index in [0.717, 1.165) is 31.2 Å². The van der Waals surface area contributed by atoms with Crippen LogP contribution < -0.4 is 5.32 Å². The van der Waals surface area contributed by atoms with Gasteiger partial charge in [0.05, 0.1) is 5.56 Å². The first-order chi connectivity index (χ1) is 13.2. The van der Waals surface area contributed by atoms with E-state index in [9.17, 15) is 9.18 Å². The average Bonchev–Trinajstić information content (AvgIpc) is 2.85. The maximum atomic E-state index is 13.5. The van der Waals surface area contributed by atoms with Crippen LogP contribution in [0.4, 0.5) is 15.9 Å². The standard InChI is InChI=1S/C22H24FN3O/c23-17-3-1-4-18(12-17)25-21-20(5-2-6-24-21)22(27)26-13-16-8-14-7-15(9-16)11-19(26)10-14/h1-6,12,14-16,19H,7-11,13H2,(H,24,25)/t14-,15+,16?,19?.